The molecular weight excluding hydrogens is 366 g/mol. The van der Waals surface area contributed by atoms with Gasteiger partial charge in [-0.25, -0.2) is 0 Å². The van der Waals surface area contributed by atoms with E-state index in [1.165, 1.54) is 0 Å². The molecule has 4 rings (SSSR count). The minimum atomic E-state index is -1.21. The van der Waals surface area contributed by atoms with Gasteiger partial charge in [-0.15, -0.1) is 0 Å². The predicted molar refractivity (Wildman–Crippen MR) is 111 cm³/mol. The first kappa shape index (κ1) is 19.8. The van der Waals surface area contributed by atoms with E-state index in [0.29, 0.717) is 18.7 Å². The highest BCUT2D eigenvalue weighted by atomic mass is 16.8. The molecule has 1 amide bonds. The fourth-order valence-corrected chi connectivity index (χ4v) is 4.18. The second-order valence-corrected chi connectivity index (χ2v) is 7.95. The molecule has 3 atom stereocenters. The number of carbonyl (C=O) groups is 1. The standard InChI is InChI=1S/C24H27NO4/c1-4-20-24(29-23(2,3)28-20)21(27-16-18-13-9-6-10-14-18)19(25-22(24)26)15-17-11-7-5-8-12-17/h5-15,20-21H,4,16H2,1-3H3,(H,25,26)/b19-15-/t20-,21-,24+/m0/s1. The minimum Gasteiger partial charge on any atom is -0.364 e. The van der Waals surface area contributed by atoms with Gasteiger partial charge in [0.2, 0.25) is 5.60 Å². The van der Waals surface area contributed by atoms with Crippen molar-refractivity contribution in [1.82, 2.24) is 5.32 Å². The maximum atomic E-state index is 13.2. The Morgan fingerprint density at radius 2 is 1.72 bits per heavy atom. The SMILES string of the molecule is CC[C@@H]1OC(C)(C)O[C@]12C(=O)N/C(=C\c1ccccc1)[C@@H]2OCc1ccccc1. The topological polar surface area (TPSA) is 56.8 Å². The van der Waals surface area contributed by atoms with Gasteiger partial charge in [0.25, 0.3) is 5.91 Å². The molecule has 2 fully saturated rings. The summed E-state index contributed by atoms with van der Waals surface area (Å²) in [5.74, 6) is -1.08. The summed E-state index contributed by atoms with van der Waals surface area (Å²) in [4.78, 5) is 13.2. The molecule has 29 heavy (non-hydrogen) atoms. The van der Waals surface area contributed by atoms with E-state index >= 15 is 0 Å². The number of hydrogen-bond donors (Lipinski definition) is 1. The number of amides is 1. The van der Waals surface area contributed by atoms with Gasteiger partial charge in [0.05, 0.1) is 12.3 Å². The zero-order valence-electron chi connectivity index (χ0n) is 17.1. The lowest BCUT2D eigenvalue weighted by atomic mass is 9.89. The normalized spacial score (nSPS) is 29.5. The van der Waals surface area contributed by atoms with E-state index in [0.717, 1.165) is 11.1 Å². The van der Waals surface area contributed by atoms with Gasteiger partial charge in [0, 0.05) is 0 Å². The lowest BCUT2D eigenvalue weighted by Gasteiger charge is -2.31. The van der Waals surface area contributed by atoms with Crippen LogP contribution >= 0.6 is 0 Å². The summed E-state index contributed by atoms with van der Waals surface area (Å²) in [6, 6.07) is 19.8. The average Bonchev–Trinajstić information content (AvgIpc) is 3.14. The van der Waals surface area contributed by atoms with Crippen LogP contribution in [0.2, 0.25) is 0 Å². The van der Waals surface area contributed by atoms with E-state index in [4.69, 9.17) is 14.2 Å². The van der Waals surface area contributed by atoms with E-state index in [9.17, 15) is 4.79 Å². The number of hydrogen-bond acceptors (Lipinski definition) is 4. The van der Waals surface area contributed by atoms with Crippen LogP contribution in [0.15, 0.2) is 66.4 Å². The number of ether oxygens (including phenoxy) is 3. The average molecular weight is 393 g/mol. The van der Waals surface area contributed by atoms with Gasteiger partial charge in [0.15, 0.2) is 5.79 Å². The van der Waals surface area contributed by atoms with Crippen molar-refractivity contribution in [3.8, 4) is 0 Å². The molecule has 152 valence electrons. The molecule has 1 N–H and O–H groups in total. The van der Waals surface area contributed by atoms with Gasteiger partial charge in [-0.3, -0.25) is 4.79 Å². The largest absolute Gasteiger partial charge is 0.364 e. The Bertz CT molecular complexity index is 894. The molecule has 2 aliphatic heterocycles. The van der Waals surface area contributed by atoms with Crippen LogP contribution < -0.4 is 5.32 Å². The lowest BCUT2D eigenvalue weighted by Crippen LogP contribution is -2.54. The van der Waals surface area contributed by atoms with Crippen molar-refractivity contribution in [3.63, 3.8) is 0 Å². The van der Waals surface area contributed by atoms with Crippen LogP contribution in [0.25, 0.3) is 6.08 Å². The summed E-state index contributed by atoms with van der Waals surface area (Å²) in [6.07, 6.45) is 1.59. The third kappa shape index (κ3) is 3.73. The first-order valence-electron chi connectivity index (χ1n) is 10.1. The quantitative estimate of drug-likeness (QED) is 0.833. The number of benzene rings is 2. The molecule has 1 spiro atoms. The predicted octanol–water partition coefficient (Wildman–Crippen LogP) is 4.04. The van der Waals surface area contributed by atoms with Gasteiger partial charge in [-0.05, 0) is 37.5 Å². The van der Waals surface area contributed by atoms with Crippen molar-refractivity contribution in [2.45, 2.75) is 57.4 Å². The second kappa shape index (κ2) is 7.75. The van der Waals surface area contributed by atoms with E-state index < -0.39 is 23.6 Å². The fraction of sp³-hybridized carbons (Fsp3) is 0.375. The van der Waals surface area contributed by atoms with E-state index in [2.05, 4.69) is 5.32 Å². The molecule has 2 saturated heterocycles. The van der Waals surface area contributed by atoms with Crippen molar-refractivity contribution in [3.05, 3.63) is 77.5 Å². The highest BCUT2D eigenvalue weighted by molar-refractivity contribution is 5.94. The van der Waals surface area contributed by atoms with E-state index in [1.807, 2.05) is 87.5 Å². The van der Waals surface area contributed by atoms with Gasteiger partial charge < -0.3 is 19.5 Å². The molecule has 2 aliphatic rings. The Kier molecular flexibility index (Phi) is 5.30. The number of carbonyl (C=O) groups excluding carboxylic acids is 1. The number of nitrogens with one attached hydrogen (secondary N) is 1. The molecule has 2 aromatic carbocycles. The molecule has 0 aromatic heterocycles. The summed E-state index contributed by atoms with van der Waals surface area (Å²) in [5, 5.41) is 3.02. The van der Waals surface area contributed by atoms with Crippen LogP contribution in [0, 0.1) is 0 Å². The summed E-state index contributed by atoms with van der Waals surface area (Å²) in [6.45, 7) is 6.04. The van der Waals surface area contributed by atoms with Crippen molar-refractivity contribution in [1.29, 1.82) is 0 Å². The first-order valence-corrected chi connectivity index (χ1v) is 10.1. The molecular formula is C24H27NO4. The molecule has 2 heterocycles. The fourth-order valence-electron chi connectivity index (χ4n) is 4.18. The summed E-state index contributed by atoms with van der Waals surface area (Å²) in [7, 11) is 0. The second-order valence-electron chi connectivity index (χ2n) is 7.95. The maximum Gasteiger partial charge on any atom is 0.262 e. The summed E-state index contributed by atoms with van der Waals surface area (Å²) < 4.78 is 18.7. The van der Waals surface area contributed by atoms with E-state index in [1.54, 1.807) is 0 Å². The van der Waals surface area contributed by atoms with Gasteiger partial charge in [-0.1, -0.05) is 67.6 Å². The monoisotopic (exact) mass is 393 g/mol. The molecule has 0 radical (unpaired) electrons. The Morgan fingerprint density at radius 3 is 2.38 bits per heavy atom. The highest BCUT2D eigenvalue weighted by Crippen LogP contribution is 2.46. The van der Waals surface area contributed by atoms with Crippen LogP contribution in [-0.4, -0.2) is 29.5 Å². The van der Waals surface area contributed by atoms with Crippen molar-refractivity contribution >= 4 is 12.0 Å². The Labute approximate surface area is 171 Å². The summed E-state index contributed by atoms with van der Waals surface area (Å²) >= 11 is 0. The van der Waals surface area contributed by atoms with Crippen LogP contribution in [0.5, 0.6) is 0 Å². The smallest absolute Gasteiger partial charge is 0.262 e. The van der Waals surface area contributed by atoms with Crippen molar-refractivity contribution in [2.24, 2.45) is 0 Å². The molecule has 0 bridgehead atoms. The van der Waals surface area contributed by atoms with Gasteiger partial charge >= 0.3 is 0 Å². The zero-order chi connectivity index (χ0) is 20.5. The molecule has 5 nitrogen and oxygen atoms in total. The Morgan fingerprint density at radius 1 is 1.07 bits per heavy atom. The zero-order valence-corrected chi connectivity index (χ0v) is 17.1. The van der Waals surface area contributed by atoms with Gasteiger partial charge in [0.1, 0.15) is 12.2 Å². The first-order chi connectivity index (χ1) is 13.9. The van der Waals surface area contributed by atoms with Crippen LogP contribution in [-0.2, 0) is 25.6 Å². The molecule has 5 heteroatoms. The molecule has 2 aromatic rings. The maximum absolute atomic E-state index is 13.2. The lowest BCUT2D eigenvalue weighted by molar-refractivity contribution is -0.187. The minimum absolute atomic E-state index is 0.213. The van der Waals surface area contributed by atoms with Crippen molar-refractivity contribution < 1.29 is 19.0 Å². The highest BCUT2D eigenvalue weighted by Gasteiger charge is 2.66. The third-order valence-electron chi connectivity index (χ3n) is 5.36. The molecule has 0 aliphatic carbocycles. The molecule has 0 unspecified atom stereocenters. The van der Waals surface area contributed by atoms with Crippen LogP contribution in [0.3, 0.4) is 0 Å². The van der Waals surface area contributed by atoms with Crippen LogP contribution in [0.4, 0.5) is 0 Å². The van der Waals surface area contributed by atoms with Crippen LogP contribution in [0.1, 0.15) is 38.3 Å². The molecule has 0 saturated carbocycles. The Hall–Kier alpha value is -2.47. The number of rotatable bonds is 5. The Balaban J connectivity index is 1.73. The van der Waals surface area contributed by atoms with E-state index in [-0.39, 0.29) is 5.91 Å². The third-order valence-corrected chi connectivity index (χ3v) is 5.36. The van der Waals surface area contributed by atoms with Gasteiger partial charge in [-0.2, -0.15) is 0 Å². The van der Waals surface area contributed by atoms with Crippen molar-refractivity contribution in [2.75, 3.05) is 0 Å². The summed E-state index contributed by atoms with van der Waals surface area (Å²) in [5.41, 5.74) is 1.50.